The van der Waals surface area contributed by atoms with Crippen molar-refractivity contribution in [3.63, 3.8) is 0 Å². The van der Waals surface area contributed by atoms with Crippen molar-refractivity contribution in [1.82, 2.24) is 5.32 Å². The van der Waals surface area contributed by atoms with E-state index in [4.69, 9.17) is 4.42 Å². The predicted octanol–water partition coefficient (Wildman–Crippen LogP) is 4.37. The van der Waals surface area contributed by atoms with Crippen molar-refractivity contribution in [2.75, 3.05) is 0 Å². The molecule has 2 atom stereocenters. The Morgan fingerprint density at radius 3 is 2.74 bits per heavy atom. The Balaban J connectivity index is 1.50. The minimum absolute atomic E-state index is 0.677. The van der Waals surface area contributed by atoms with Crippen LogP contribution in [-0.4, -0.2) is 0 Å². The van der Waals surface area contributed by atoms with Crippen molar-refractivity contribution in [1.29, 1.82) is 0 Å². The number of hydrogen-bond donors (Lipinski definition) is 1. The zero-order valence-electron chi connectivity index (χ0n) is 11.8. The lowest BCUT2D eigenvalue weighted by Gasteiger charge is -2.00. The molecule has 3 heteroatoms. The Hall–Kier alpha value is -1.06. The van der Waals surface area contributed by atoms with Crippen LogP contribution in [0.5, 0.6) is 0 Å². The summed E-state index contributed by atoms with van der Waals surface area (Å²) >= 11 is 1.88. The van der Waals surface area contributed by atoms with Gasteiger partial charge in [0.05, 0.1) is 6.54 Å². The van der Waals surface area contributed by atoms with Gasteiger partial charge >= 0.3 is 0 Å². The van der Waals surface area contributed by atoms with Crippen molar-refractivity contribution in [2.24, 2.45) is 5.92 Å². The van der Waals surface area contributed by atoms with E-state index in [2.05, 4.69) is 44.3 Å². The third-order valence-corrected chi connectivity index (χ3v) is 5.13. The molecule has 1 saturated carbocycles. The molecular formula is C16H21NOS. The predicted molar refractivity (Wildman–Crippen MR) is 79.6 cm³/mol. The van der Waals surface area contributed by atoms with E-state index >= 15 is 0 Å². The minimum atomic E-state index is 0.677. The van der Waals surface area contributed by atoms with Crippen LogP contribution in [0.2, 0.25) is 0 Å². The van der Waals surface area contributed by atoms with Gasteiger partial charge in [-0.1, -0.05) is 6.92 Å². The Morgan fingerprint density at radius 1 is 1.32 bits per heavy atom. The van der Waals surface area contributed by atoms with Crippen LogP contribution in [-0.2, 0) is 13.1 Å². The van der Waals surface area contributed by atoms with Gasteiger partial charge in [0.1, 0.15) is 11.5 Å². The fourth-order valence-electron chi connectivity index (χ4n) is 2.45. The second-order valence-corrected chi connectivity index (χ2v) is 7.02. The SMILES string of the molecule is Cc1cc(CNCc2ccc(C3CC3C)o2)sc1C. The molecule has 1 fully saturated rings. The summed E-state index contributed by atoms with van der Waals surface area (Å²) in [5.74, 6) is 3.71. The molecule has 3 rings (SSSR count). The van der Waals surface area contributed by atoms with Gasteiger partial charge in [-0.2, -0.15) is 0 Å². The highest BCUT2D eigenvalue weighted by atomic mass is 32.1. The highest BCUT2D eigenvalue weighted by Gasteiger charge is 2.36. The van der Waals surface area contributed by atoms with Crippen molar-refractivity contribution in [3.05, 3.63) is 45.0 Å². The fourth-order valence-corrected chi connectivity index (χ4v) is 3.48. The average Bonchev–Trinajstić information content (AvgIpc) is 2.80. The Bertz CT molecular complexity index is 550. The molecule has 0 amide bonds. The van der Waals surface area contributed by atoms with Crippen molar-refractivity contribution in [3.8, 4) is 0 Å². The van der Waals surface area contributed by atoms with Crippen molar-refractivity contribution >= 4 is 11.3 Å². The van der Waals surface area contributed by atoms with Gasteiger partial charge in [0, 0.05) is 22.2 Å². The lowest BCUT2D eigenvalue weighted by molar-refractivity contribution is 0.444. The zero-order chi connectivity index (χ0) is 13.4. The Morgan fingerprint density at radius 2 is 2.11 bits per heavy atom. The van der Waals surface area contributed by atoms with Gasteiger partial charge in [0.2, 0.25) is 0 Å². The number of rotatable bonds is 5. The molecule has 1 aliphatic rings. The van der Waals surface area contributed by atoms with Gasteiger partial charge in [-0.25, -0.2) is 0 Å². The topological polar surface area (TPSA) is 25.2 Å². The molecule has 0 bridgehead atoms. The summed E-state index contributed by atoms with van der Waals surface area (Å²) in [6.45, 7) is 8.38. The molecule has 0 spiro atoms. The van der Waals surface area contributed by atoms with Gasteiger partial charge in [0.15, 0.2) is 0 Å². The van der Waals surface area contributed by atoms with Gasteiger partial charge in [0.25, 0.3) is 0 Å². The number of thiophene rings is 1. The maximum absolute atomic E-state index is 5.89. The molecule has 2 aromatic heterocycles. The van der Waals surface area contributed by atoms with E-state index in [1.807, 2.05) is 11.3 Å². The first-order valence-corrected chi connectivity index (χ1v) is 7.80. The summed E-state index contributed by atoms with van der Waals surface area (Å²) in [5, 5.41) is 3.46. The van der Waals surface area contributed by atoms with Gasteiger partial charge in [-0.3, -0.25) is 0 Å². The van der Waals surface area contributed by atoms with E-state index in [-0.39, 0.29) is 0 Å². The molecular weight excluding hydrogens is 254 g/mol. The van der Waals surface area contributed by atoms with Crippen LogP contribution in [0.3, 0.4) is 0 Å². The first-order chi connectivity index (χ1) is 9.13. The number of hydrogen-bond acceptors (Lipinski definition) is 3. The number of aryl methyl sites for hydroxylation is 2. The molecule has 2 nitrogen and oxygen atoms in total. The molecule has 19 heavy (non-hydrogen) atoms. The molecule has 2 aromatic rings. The normalized spacial score (nSPS) is 21.8. The first kappa shape index (κ1) is 12.9. The summed E-state index contributed by atoms with van der Waals surface area (Å²) in [6.07, 6.45) is 1.29. The van der Waals surface area contributed by atoms with E-state index in [1.165, 1.54) is 27.5 Å². The summed E-state index contributed by atoms with van der Waals surface area (Å²) < 4.78 is 5.89. The van der Waals surface area contributed by atoms with Crippen LogP contribution in [0.1, 0.15) is 46.1 Å². The minimum Gasteiger partial charge on any atom is -0.464 e. The van der Waals surface area contributed by atoms with E-state index in [1.54, 1.807) is 0 Å². The van der Waals surface area contributed by atoms with E-state index in [0.29, 0.717) is 5.92 Å². The lowest BCUT2D eigenvalue weighted by atomic mass is 10.3. The summed E-state index contributed by atoms with van der Waals surface area (Å²) in [7, 11) is 0. The lowest BCUT2D eigenvalue weighted by Crippen LogP contribution is -2.11. The molecule has 102 valence electrons. The highest BCUT2D eigenvalue weighted by Crippen LogP contribution is 2.47. The molecule has 2 heterocycles. The Labute approximate surface area is 118 Å². The third kappa shape index (κ3) is 2.93. The van der Waals surface area contributed by atoms with Crippen LogP contribution in [0.15, 0.2) is 22.6 Å². The number of nitrogens with one attached hydrogen (secondary N) is 1. The summed E-state index contributed by atoms with van der Waals surface area (Å²) in [5.41, 5.74) is 1.39. The third-order valence-electron chi connectivity index (χ3n) is 3.97. The summed E-state index contributed by atoms with van der Waals surface area (Å²) in [4.78, 5) is 2.82. The molecule has 1 aliphatic carbocycles. The molecule has 2 unspecified atom stereocenters. The molecule has 0 saturated heterocycles. The standard InChI is InChI=1S/C16H21NOS/c1-10-6-14(19-12(10)3)9-17-8-13-4-5-16(18-13)15-7-11(15)2/h4-6,11,15,17H,7-9H2,1-3H3. The zero-order valence-corrected chi connectivity index (χ0v) is 12.6. The Kier molecular flexibility index (Phi) is 3.50. The van der Waals surface area contributed by atoms with E-state index in [9.17, 15) is 0 Å². The molecule has 0 radical (unpaired) electrons. The van der Waals surface area contributed by atoms with Gasteiger partial charge in [-0.15, -0.1) is 11.3 Å². The van der Waals surface area contributed by atoms with Crippen LogP contribution in [0.25, 0.3) is 0 Å². The molecule has 0 aromatic carbocycles. The van der Waals surface area contributed by atoms with Crippen LogP contribution in [0.4, 0.5) is 0 Å². The van der Waals surface area contributed by atoms with Crippen LogP contribution < -0.4 is 5.32 Å². The largest absolute Gasteiger partial charge is 0.464 e. The monoisotopic (exact) mass is 275 g/mol. The maximum Gasteiger partial charge on any atom is 0.117 e. The quantitative estimate of drug-likeness (QED) is 0.876. The van der Waals surface area contributed by atoms with Gasteiger partial charge < -0.3 is 9.73 Å². The highest BCUT2D eigenvalue weighted by molar-refractivity contribution is 7.12. The molecule has 0 aliphatic heterocycles. The second kappa shape index (κ2) is 5.14. The first-order valence-electron chi connectivity index (χ1n) is 6.98. The van der Waals surface area contributed by atoms with Crippen molar-refractivity contribution in [2.45, 2.75) is 46.2 Å². The van der Waals surface area contributed by atoms with Crippen LogP contribution >= 0.6 is 11.3 Å². The smallest absolute Gasteiger partial charge is 0.117 e. The summed E-state index contributed by atoms with van der Waals surface area (Å²) in [6, 6.07) is 6.52. The van der Waals surface area contributed by atoms with E-state index in [0.717, 1.165) is 24.8 Å². The van der Waals surface area contributed by atoms with Crippen LogP contribution in [0, 0.1) is 19.8 Å². The van der Waals surface area contributed by atoms with Gasteiger partial charge in [-0.05, 0) is 49.9 Å². The van der Waals surface area contributed by atoms with E-state index < -0.39 is 0 Å². The maximum atomic E-state index is 5.89. The van der Waals surface area contributed by atoms with Crippen molar-refractivity contribution < 1.29 is 4.42 Å². The molecule has 1 N–H and O–H groups in total. The average molecular weight is 275 g/mol. The second-order valence-electron chi connectivity index (χ2n) is 5.68. The fraction of sp³-hybridized carbons (Fsp3) is 0.500. The number of furan rings is 1.